The number of hydrogen-bond donors (Lipinski definition) is 2. The second kappa shape index (κ2) is 4.05. The van der Waals surface area contributed by atoms with E-state index in [1.54, 1.807) is 6.08 Å². The molecule has 2 amide bonds. The van der Waals surface area contributed by atoms with E-state index in [0.717, 1.165) is 5.56 Å². The first-order chi connectivity index (χ1) is 8.10. The molecule has 88 valence electrons. The normalized spacial score (nSPS) is 24.2. The fourth-order valence-corrected chi connectivity index (χ4v) is 2.10. The number of carbonyl (C=O) groups excluding carboxylic acids is 2. The van der Waals surface area contributed by atoms with E-state index >= 15 is 0 Å². The summed E-state index contributed by atoms with van der Waals surface area (Å²) in [4.78, 5) is 23.4. The molecule has 4 heteroatoms. The van der Waals surface area contributed by atoms with Crippen molar-refractivity contribution < 1.29 is 9.59 Å². The van der Waals surface area contributed by atoms with Crippen LogP contribution >= 0.6 is 0 Å². The van der Waals surface area contributed by atoms with Crippen molar-refractivity contribution in [3.05, 3.63) is 47.7 Å². The minimum Gasteiger partial charge on any atom is -0.394 e. The lowest BCUT2D eigenvalue weighted by Gasteiger charge is -2.32. The highest BCUT2D eigenvalue weighted by Gasteiger charge is 2.41. The quantitative estimate of drug-likeness (QED) is 0.739. The lowest BCUT2D eigenvalue weighted by Crippen LogP contribution is -2.51. The molecule has 3 N–H and O–H groups in total. The van der Waals surface area contributed by atoms with Gasteiger partial charge in [-0.3, -0.25) is 14.9 Å². The molecule has 4 nitrogen and oxygen atoms in total. The molecule has 0 saturated carbocycles. The van der Waals surface area contributed by atoms with Crippen LogP contribution in [-0.2, 0) is 15.0 Å². The minimum atomic E-state index is -0.834. The van der Waals surface area contributed by atoms with Gasteiger partial charge in [-0.2, -0.15) is 0 Å². The molecule has 1 atom stereocenters. The van der Waals surface area contributed by atoms with Crippen molar-refractivity contribution in [2.75, 3.05) is 0 Å². The number of nitrogens with one attached hydrogen (secondary N) is 1. The summed E-state index contributed by atoms with van der Waals surface area (Å²) in [5, 5.41) is 2.30. The number of hydrogen-bond acceptors (Lipinski definition) is 3. The zero-order chi connectivity index (χ0) is 12.5. The van der Waals surface area contributed by atoms with Crippen LogP contribution in [0.15, 0.2) is 42.1 Å². The lowest BCUT2D eigenvalue weighted by atomic mass is 9.75. The maximum Gasteiger partial charge on any atom is 0.273 e. The van der Waals surface area contributed by atoms with Crippen LogP contribution in [0.5, 0.6) is 0 Å². The third kappa shape index (κ3) is 1.71. The minimum absolute atomic E-state index is 0.0929. The van der Waals surface area contributed by atoms with E-state index in [9.17, 15) is 9.59 Å². The van der Waals surface area contributed by atoms with Crippen LogP contribution in [0.2, 0.25) is 0 Å². The van der Waals surface area contributed by atoms with Gasteiger partial charge in [0.05, 0.1) is 11.1 Å². The second-order valence-electron chi connectivity index (χ2n) is 4.07. The third-order valence-corrected chi connectivity index (χ3v) is 3.14. The fraction of sp³-hybridized carbons (Fsp3) is 0.231. The number of imide groups is 1. The lowest BCUT2D eigenvalue weighted by molar-refractivity contribution is -0.132. The summed E-state index contributed by atoms with van der Waals surface area (Å²) in [6, 6.07) is 9.33. The molecule has 0 aromatic heterocycles. The summed E-state index contributed by atoms with van der Waals surface area (Å²) in [5.74, 6) is -0.833. The highest BCUT2D eigenvalue weighted by atomic mass is 16.2. The maximum absolute atomic E-state index is 12.1. The number of amides is 2. The van der Waals surface area contributed by atoms with E-state index < -0.39 is 11.3 Å². The van der Waals surface area contributed by atoms with Crippen molar-refractivity contribution in [2.45, 2.75) is 18.8 Å². The standard InChI is InChI=1S/C13H14N2O2/c1-2-13(9-6-4-3-5-7-9)8-10(14)11(16)15-12(13)17/h3-8H,2,14H2,1H3,(H,15,16,17). The molecule has 2 rings (SSSR count). The summed E-state index contributed by atoms with van der Waals surface area (Å²) in [7, 11) is 0. The van der Waals surface area contributed by atoms with Crippen molar-refractivity contribution >= 4 is 11.8 Å². The summed E-state index contributed by atoms with van der Waals surface area (Å²) in [6.07, 6.45) is 2.11. The number of nitrogens with two attached hydrogens (primary N) is 1. The van der Waals surface area contributed by atoms with Crippen LogP contribution in [0, 0.1) is 0 Å². The molecule has 1 aromatic carbocycles. The monoisotopic (exact) mass is 230 g/mol. The zero-order valence-electron chi connectivity index (χ0n) is 9.57. The summed E-state index contributed by atoms with van der Waals surface area (Å²) >= 11 is 0. The fourth-order valence-electron chi connectivity index (χ4n) is 2.10. The van der Waals surface area contributed by atoms with E-state index in [1.165, 1.54) is 0 Å². The maximum atomic E-state index is 12.1. The Morgan fingerprint density at radius 2 is 1.88 bits per heavy atom. The Morgan fingerprint density at radius 1 is 1.24 bits per heavy atom. The average molecular weight is 230 g/mol. The van der Waals surface area contributed by atoms with E-state index in [0.29, 0.717) is 6.42 Å². The molecule has 0 bridgehead atoms. The molecular formula is C13H14N2O2. The number of benzene rings is 1. The van der Waals surface area contributed by atoms with Gasteiger partial charge in [-0.25, -0.2) is 0 Å². The molecule has 1 aliphatic rings. The van der Waals surface area contributed by atoms with E-state index in [4.69, 9.17) is 5.73 Å². The Hall–Kier alpha value is -2.10. The first kappa shape index (κ1) is 11.4. The molecule has 0 radical (unpaired) electrons. The van der Waals surface area contributed by atoms with Crippen molar-refractivity contribution in [1.29, 1.82) is 0 Å². The van der Waals surface area contributed by atoms with Crippen LogP contribution in [0.3, 0.4) is 0 Å². The van der Waals surface area contributed by atoms with E-state index in [1.807, 2.05) is 37.3 Å². The van der Waals surface area contributed by atoms with Crippen LogP contribution in [0.4, 0.5) is 0 Å². The van der Waals surface area contributed by atoms with Crippen molar-refractivity contribution in [1.82, 2.24) is 5.32 Å². The Morgan fingerprint density at radius 3 is 2.47 bits per heavy atom. The SMILES string of the molecule is CCC1(c2ccccc2)C=C(N)C(=O)NC1=O. The molecule has 0 saturated heterocycles. The van der Waals surface area contributed by atoms with Gasteiger partial charge in [-0.1, -0.05) is 37.3 Å². The molecule has 1 aliphatic heterocycles. The number of rotatable bonds is 2. The van der Waals surface area contributed by atoms with Crippen LogP contribution in [-0.4, -0.2) is 11.8 Å². The van der Waals surface area contributed by atoms with Crippen molar-refractivity contribution in [3.8, 4) is 0 Å². The van der Waals surface area contributed by atoms with Gasteiger partial charge in [-0.15, -0.1) is 0 Å². The van der Waals surface area contributed by atoms with Gasteiger partial charge >= 0.3 is 0 Å². The van der Waals surface area contributed by atoms with Crippen molar-refractivity contribution in [3.63, 3.8) is 0 Å². The highest BCUT2D eigenvalue weighted by molar-refractivity contribution is 6.11. The predicted octanol–water partition coefficient (Wildman–Crippen LogP) is 0.833. The summed E-state index contributed by atoms with van der Waals surface area (Å²) in [6.45, 7) is 1.89. The first-order valence-electron chi connectivity index (χ1n) is 5.50. The molecule has 1 aromatic rings. The van der Waals surface area contributed by atoms with Crippen LogP contribution in [0.1, 0.15) is 18.9 Å². The topological polar surface area (TPSA) is 72.2 Å². The van der Waals surface area contributed by atoms with Crippen LogP contribution in [0.25, 0.3) is 0 Å². The molecule has 1 unspecified atom stereocenters. The van der Waals surface area contributed by atoms with Crippen LogP contribution < -0.4 is 11.1 Å². The van der Waals surface area contributed by atoms with E-state index in [2.05, 4.69) is 5.32 Å². The van der Waals surface area contributed by atoms with Gasteiger partial charge in [0, 0.05) is 0 Å². The smallest absolute Gasteiger partial charge is 0.273 e. The number of carbonyl (C=O) groups is 2. The second-order valence-corrected chi connectivity index (χ2v) is 4.07. The molecule has 0 fully saturated rings. The predicted molar refractivity (Wildman–Crippen MR) is 63.8 cm³/mol. The summed E-state index contributed by atoms with van der Waals surface area (Å²) < 4.78 is 0. The van der Waals surface area contributed by atoms with Crippen molar-refractivity contribution in [2.24, 2.45) is 5.73 Å². The molecule has 0 spiro atoms. The van der Waals surface area contributed by atoms with Gasteiger partial charge in [-0.05, 0) is 18.1 Å². The molecule has 1 heterocycles. The molecule has 0 aliphatic carbocycles. The molecular weight excluding hydrogens is 216 g/mol. The largest absolute Gasteiger partial charge is 0.394 e. The Bertz CT molecular complexity index is 493. The Balaban J connectivity index is 2.59. The van der Waals surface area contributed by atoms with Gasteiger partial charge in [0.2, 0.25) is 5.91 Å². The Labute approximate surface area is 99.5 Å². The third-order valence-electron chi connectivity index (χ3n) is 3.14. The van der Waals surface area contributed by atoms with E-state index in [-0.39, 0.29) is 11.6 Å². The van der Waals surface area contributed by atoms with Gasteiger partial charge in [0.1, 0.15) is 0 Å². The van der Waals surface area contributed by atoms with Gasteiger partial charge in [0.15, 0.2) is 0 Å². The average Bonchev–Trinajstić information content (AvgIpc) is 2.35. The zero-order valence-corrected chi connectivity index (χ0v) is 9.57. The Kier molecular flexibility index (Phi) is 2.71. The van der Waals surface area contributed by atoms with Gasteiger partial charge < -0.3 is 5.73 Å². The molecule has 17 heavy (non-hydrogen) atoms. The van der Waals surface area contributed by atoms with Gasteiger partial charge in [0.25, 0.3) is 5.91 Å². The highest BCUT2D eigenvalue weighted by Crippen LogP contribution is 2.32. The summed E-state index contributed by atoms with van der Waals surface area (Å²) in [5.41, 5.74) is 5.73. The first-order valence-corrected chi connectivity index (χ1v) is 5.50.